The van der Waals surface area contributed by atoms with Gasteiger partial charge in [0.05, 0.1) is 0 Å². The average Bonchev–Trinajstić information content (AvgIpc) is 2.75. The molecular weight excluding hydrogens is 339 g/mol. The highest BCUT2D eigenvalue weighted by molar-refractivity contribution is 9.10. The highest BCUT2D eigenvalue weighted by Gasteiger charge is 2.40. The second-order valence-corrected chi connectivity index (χ2v) is 5.81. The van der Waals surface area contributed by atoms with Gasteiger partial charge in [0.2, 0.25) is 0 Å². The molecule has 6 heteroatoms. The molecule has 0 spiro atoms. The summed E-state index contributed by atoms with van der Waals surface area (Å²) in [6, 6.07) is 8.05. The van der Waals surface area contributed by atoms with Gasteiger partial charge in [0.25, 0.3) is 0 Å². The van der Waals surface area contributed by atoms with Crippen molar-refractivity contribution in [3.05, 3.63) is 56.7 Å². The molecule has 0 radical (unpaired) electrons. The molecule has 0 saturated carbocycles. The highest BCUT2D eigenvalue weighted by Crippen LogP contribution is 2.33. The molecule has 102 valence electrons. The van der Waals surface area contributed by atoms with E-state index in [0.717, 1.165) is 9.35 Å². The van der Waals surface area contributed by atoms with E-state index in [-0.39, 0.29) is 12.1 Å². The number of thiophene rings is 1. The van der Waals surface area contributed by atoms with E-state index in [4.69, 9.17) is 0 Å². The molecule has 0 fully saturated rings. The molecule has 0 aliphatic carbocycles. The first-order chi connectivity index (χ1) is 8.98. The molecule has 1 atom stereocenters. The topological polar surface area (TPSA) is 12.0 Å². The largest absolute Gasteiger partial charge is 0.407 e. The molecule has 0 bridgehead atoms. The van der Waals surface area contributed by atoms with Gasteiger partial charge in [-0.15, -0.1) is 11.3 Å². The van der Waals surface area contributed by atoms with Crippen molar-refractivity contribution < 1.29 is 13.2 Å². The summed E-state index contributed by atoms with van der Waals surface area (Å²) >= 11 is 4.73. The lowest BCUT2D eigenvalue weighted by Crippen LogP contribution is -2.33. The van der Waals surface area contributed by atoms with Crippen LogP contribution in [-0.4, -0.2) is 6.18 Å². The Kier molecular flexibility index (Phi) is 4.65. The third kappa shape index (κ3) is 3.81. The molecule has 1 heterocycles. The van der Waals surface area contributed by atoms with Crippen LogP contribution < -0.4 is 5.32 Å². The third-order valence-corrected chi connectivity index (χ3v) is 4.54. The summed E-state index contributed by atoms with van der Waals surface area (Å²) in [6.07, 6.45) is -4.31. The van der Waals surface area contributed by atoms with Gasteiger partial charge in [0.1, 0.15) is 6.04 Å². The zero-order valence-corrected chi connectivity index (χ0v) is 12.1. The minimum absolute atomic E-state index is 0.178. The third-order valence-electron chi connectivity index (χ3n) is 2.62. The van der Waals surface area contributed by atoms with Gasteiger partial charge in [-0.3, -0.25) is 5.32 Å². The molecule has 1 nitrogen and oxygen atoms in total. The van der Waals surface area contributed by atoms with Gasteiger partial charge in [-0.2, -0.15) is 13.2 Å². The van der Waals surface area contributed by atoms with Crippen LogP contribution in [0.1, 0.15) is 16.5 Å². The van der Waals surface area contributed by atoms with Gasteiger partial charge in [-0.25, -0.2) is 0 Å². The Morgan fingerprint density at radius 1 is 1.16 bits per heavy atom. The zero-order chi connectivity index (χ0) is 13.9. The molecule has 0 aliphatic heterocycles. The summed E-state index contributed by atoms with van der Waals surface area (Å²) in [7, 11) is 0. The van der Waals surface area contributed by atoms with Gasteiger partial charge >= 0.3 is 6.18 Å². The van der Waals surface area contributed by atoms with Crippen LogP contribution in [0, 0.1) is 0 Å². The normalized spacial score (nSPS) is 13.5. The van der Waals surface area contributed by atoms with E-state index in [9.17, 15) is 13.2 Å². The first-order valence-electron chi connectivity index (χ1n) is 5.55. The van der Waals surface area contributed by atoms with Crippen LogP contribution in [0.3, 0.4) is 0 Å². The highest BCUT2D eigenvalue weighted by atomic mass is 79.9. The van der Waals surface area contributed by atoms with Gasteiger partial charge in [-0.05, 0) is 32.9 Å². The fourth-order valence-corrected chi connectivity index (χ4v) is 3.16. The minimum Gasteiger partial charge on any atom is -0.297 e. The van der Waals surface area contributed by atoms with Gasteiger partial charge < -0.3 is 0 Å². The van der Waals surface area contributed by atoms with Crippen molar-refractivity contribution in [3.63, 3.8) is 0 Å². The van der Waals surface area contributed by atoms with Crippen molar-refractivity contribution in [3.8, 4) is 0 Å². The van der Waals surface area contributed by atoms with Crippen molar-refractivity contribution in [2.24, 2.45) is 0 Å². The molecular formula is C13H11BrF3NS. The number of benzene rings is 1. The van der Waals surface area contributed by atoms with Crippen LogP contribution in [0.25, 0.3) is 0 Å². The Bertz CT molecular complexity index is 524. The van der Waals surface area contributed by atoms with Crippen LogP contribution in [0.15, 0.2) is 46.3 Å². The SMILES string of the molecule is FC(F)(F)C(NCc1sccc1Br)c1ccccc1. The average molecular weight is 350 g/mol. The Balaban J connectivity index is 2.14. The van der Waals surface area contributed by atoms with E-state index in [1.807, 2.05) is 11.4 Å². The van der Waals surface area contributed by atoms with Gasteiger partial charge in [-0.1, -0.05) is 30.3 Å². The van der Waals surface area contributed by atoms with E-state index >= 15 is 0 Å². The summed E-state index contributed by atoms with van der Waals surface area (Å²) < 4.78 is 40.0. The van der Waals surface area contributed by atoms with E-state index in [0.29, 0.717) is 0 Å². The summed E-state index contributed by atoms with van der Waals surface area (Å²) in [5.41, 5.74) is 0.225. The van der Waals surface area contributed by atoms with Crippen molar-refractivity contribution in [2.75, 3.05) is 0 Å². The molecule has 1 aromatic heterocycles. The van der Waals surface area contributed by atoms with Crippen molar-refractivity contribution in [1.29, 1.82) is 0 Å². The van der Waals surface area contributed by atoms with Crippen molar-refractivity contribution in [1.82, 2.24) is 5.32 Å². The quantitative estimate of drug-likeness (QED) is 0.827. The fraction of sp³-hybridized carbons (Fsp3) is 0.231. The maximum atomic E-state index is 13.1. The molecule has 0 aliphatic rings. The number of rotatable bonds is 4. The Morgan fingerprint density at radius 3 is 2.37 bits per heavy atom. The van der Waals surface area contributed by atoms with Crippen LogP contribution in [0.4, 0.5) is 13.2 Å². The monoisotopic (exact) mass is 349 g/mol. The number of hydrogen-bond acceptors (Lipinski definition) is 2. The zero-order valence-electron chi connectivity index (χ0n) is 9.75. The lowest BCUT2D eigenvalue weighted by Gasteiger charge is -2.22. The first-order valence-corrected chi connectivity index (χ1v) is 7.22. The number of nitrogens with one attached hydrogen (secondary N) is 1. The summed E-state index contributed by atoms with van der Waals surface area (Å²) in [6.45, 7) is 0.178. The molecule has 2 rings (SSSR count). The maximum absolute atomic E-state index is 13.1. The summed E-state index contributed by atoms with van der Waals surface area (Å²) in [4.78, 5) is 0.852. The maximum Gasteiger partial charge on any atom is 0.407 e. The lowest BCUT2D eigenvalue weighted by atomic mass is 10.1. The molecule has 19 heavy (non-hydrogen) atoms. The lowest BCUT2D eigenvalue weighted by molar-refractivity contribution is -0.158. The van der Waals surface area contributed by atoms with Crippen LogP contribution in [0.5, 0.6) is 0 Å². The fourth-order valence-electron chi connectivity index (χ4n) is 1.71. The Morgan fingerprint density at radius 2 is 1.84 bits per heavy atom. The molecule has 1 unspecified atom stereocenters. The molecule has 2 aromatic rings. The van der Waals surface area contributed by atoms with Crippen LogP contribution in [0.2, 0.25) is 0 Å². The van der Waals surface area contributed by atoms with E-state index in [1.165, 1.54) is 23.5 Å². The van der Waals surface area contributed by atoms with E-state index in [2.05, 4.69) is 21.2 Å². The Hall–Kier alpha value is -0.850. The minimum atomic E-state index is -4.31. The smallest absolute Gasteiger partial charge is 0.297 e. The molecule has 0 saturated heterocycles. The Labute approximate surface area is 121 Å². The number of halogens is 4. The predicted octanol–water partition coefficient (Wildman–Crippen LogP) is 4.90. The molecule has 0 amide bonds. The second kappa shape index (κ2) is 6.07. The number of hydrogen-bond donors (Lipinski definition) is 1. The standard InChI is InChI=1S/C13H11BrF3NS/c14-10-6-7-19-11(10)8-18-12(13(15,16)17)9-4-2-1-3-5-9/h1-7,12,18H,8H2. The van der Waals surface area contributed by atoms with Gasteiger partial charge in [0.15, 0.2) is 0 Å². The predicted molar refractivity (Wildman–Crippen MR) is 74.1 cm³/mol. The molecule has 1 aromatic carbocycles. The van der Waals surface area contributed by atoms with Crippen LogP contribution in [-0.2, 0) is 6.54 Å². The van der Waals surface area contributed by atoms with Crippen molar-refractivity contribution >= 4 is 27.3 Å². The van der Waals surface area contributed by atoms with E-state index < -0.39 is 12.2 Å². The number of alkyl halides is 3. The summed E-state index contributed by atoms with van der Waals surface area (Å²) in [5.74, 6) is 0. The van der Waals surface area contributed by atoms with Gasteiger partial charge in [0, 0.05) is 15.9 Å². The van der Waals surface area contributed by atoms with E-state index in [1.54, 1.807) is 18.2 Å². The summed E-state index contributed by atoms with van der Waals surface area (Å²) in [5, 5.41) is 4.41. The second-order valence-electron chi connectivity index (χ2n) is 3.96. The van der Waals surface area contributed by atoms with Crippen LogP contribution >= 0.6 is 27.3 Å². The first kappa shape index (κ1) is 14.6. The van der Waals surface area contributed by atoms with Crippen molar-refractivity contribution in [2.45, 2.75) is 18.8 Å². The molecule has 1 N–H and O–H groups in total.